The number of benzene rings is 1. The quantitative estimate of drug-likeness (QED) is 0.789. The lowest BCUT2D eigenvalue weighted by molar-refractivity contribution is -0.180. The largest absolute Gasteiger partial charge is 0.392 e. The van der Waals surface area contributed by atoms with Crippen molar-refractivity contribution in [2.24, 2.45) is 11.7 Å². The van der Waals surface area contributed by atoms with Crippen molar-refractivity contribution in [2.45, 2.75) is 44.4 Å². The summed E-state index contributed by atoms with van der Waals surface area (Å²) in [4.78, 5) is 14.2. The second kappa shape index (κ2) is 9.20. The Labute approximate surface area is 146 Å². The number of likely N-dealkylation sites (tertiary alicyclic amines) is 1. The van der Waals surface area contributed by atoms with Crippen molar-refractivity contribution in [3.8, 4) is 0 Å². The SMILES string of the molecule is NCCC(CC(=O)NC1CCN(Cc2ccccc2)CC1)C(F)(F)F. The van der Waals surface area contributed by atoms with Gasteiger partial charge in [0.2, 0.25) is 5.91 Å². The van der Waals surface area contributed by atoms with Crippen molar-refractivity contribution in [1.82, 2.24) is 10.2 Å². The maximum Gasteiger partial charge on any atom is 0.392 e. The molecule has 4 nitrogen and oxygen atoms in total. The summed E-state index contributed by atoms with van der Waals surface area (Å²) in [6.45, 7) is 2.43. The smallest absolute Gasteiger partial charge is 0.353 e. The number of amides is 1. The van der Waals surface area contributed by atoms with Crippen LogP contribution in [-0.4, -0.2) is 42.7 Å². The summed E-state index contributed by atoms with van der Waals surface area (Å²) in [6.07, 6.45) is -3.62. The van der Waals surface area contributed by atoms with E-state index >= 15 is 0 Å². The summed E-state index contributed by atoms with van der Waals surface area (Å²) in [5.74, 6) is -2.19. The molecule has 2 rings (SSSR count). The van der Waals surface area contributed by atoms with Crippen molar-refractivity contribution >= 4 is 5.91 Å². The second-order valence-electron chi connectivity index (χ2n) is 6.62. The number of rotatable bonds is 7. The molecule has 1 atom stereocenters. The Hall–Kier alpha value is -1.60. The zero-order chi connectivity index (χ0) is 18.3. The molecule has 7 heteroatoms. The molecule has 1 saturated heterocycles. The van der Waals surface area contributed by atoms with Crippen LogP contribution < -0.4 is 11.1 Å². The summed E-state index contributed by atoms with van der Waals surface area (Å²) in [5, 5.41) is 2.76. The molecular formula is C18H26F3N3O. The van der Waals surface area contributed by atoms with Gasteiger partial charge in [-0.25, -0.2) is 0 Å². The number of piperidine rings is 1. The van der Waals surface area contributed by atoms with Gasteiger partial charge in [-0.3, -0.25) is 9.69 Å². The fourth-order valence-electron chi connectivity index (χ4n) is 3.17. The van der Waals surface area contributed by atoms with E-state index in [9.17, 15) is 18.0 Å². The zero-order valence-corrected chi connectivity index (χ0v) is 14.3. The molecule has 25 heavy (non-hydrogen) atoms. The molecule has 1 amide bonds. The van der Waals surface area contributed by atoms with E-state index in [2.05, 4.69) is 22.3 Å². The van der Waals surface area contributed by atoms with E-state index in [1.54, 1.807) is 0 Å². The van der Waals surface area contributed by atoms with Crippen LogP contribution in [0, 0.1) is 5.92 Å². The average molecular weight is 357 g/mol. The first-order valence-corrected chi connectivity index (χ1v) is 8.71. The molecule has 1 unspecified atom stereocenters. The van der Waals surface area contributed by atoms with Gasteiger partial charge in [0.15, 0.2) is 0 Å². The highest BCUT2D eigenvalue weighted by Crippen LogP contribution is 2.31. The molecule has 0 saturated carbocycles. The number of alkyl halides is 3. The number of halogens is 3. The molecule has 1 fully saturated rings. The van der Waals surface area contributed by atoms with E-state index in [0.717, 1.165) is 32.5 Å². The van der Waals surface area contributed by atoms with Gasteiger partial charge in [0.05, 0.1) is 5.92 Å². The molecule has 0 radical (unpaired) electrons. The predicted molar refractivity (Wildman–Crippen MR) is 90.7 cm³/mol. The van der Waals surface area contributed by atoms with E-state index in [0.29, 0.717) is 0 Å². The van der Waals surface area contributed by atoms with Crippen LogP contribution in [-0.2, 0) is 11.3 Å². The van der Waals surface area contributed by atoms with Crippen LogP contribution in [0.4, 0.5) is 13.2 Å². The molecule has 140 valence electrons. The van der Waals surface area contributed by atoms with E-state index in [1.165, 1.54) is 5.56 Å². The van der Waals surface area contributed by atoms with Crippen LogP contribution in [0.15, 0.2) is 30.3 Å². The summed E-state index contributed by atoms with van der Waals surface area (Å²) in [6, 6.07) is 10.1. The first kappa shape index (κ1) is 19.7. The number of nitrogens with two attached hydrogens (primary N) is 1. The third-order valence-electron chi connectivity index (χ3n) is 4.61. The van der Waals surface area contributed by atoms with Gasteiger partial charge < -0.3 is 11.1 Å². The van der Waals surface area contributed by atoms with E-state index < -0.39 is 24.4 Å². The van der Waals surface area contributed by atoms with Gasteiger partial charge in [-0.05, 0) is 31.4 Å². The van der Waals surface area contributed by atoms with Crippen molar-refractivity contribution in [3.63, 3.8) is 0 Å². The average Bonchev–Trinajstić information content (AvgIpc) is 2.56. The standard InChI is InChI=1S/C18H26F3N3O/c19-18(20,21)15(6-9-22)12-17(25)23-16-7-10-24(11-8-16)13-14-4-2-1-3-5-14/h1-5,15-16H,6-13,22H2,(H,23,25). The van der Waals surface area contributed by atoms with Gasteiger partial charge in [0, 0.05) is 32.1 Å². The summed E-state index contributed by atoms with van der Waals surface area (Å²) in [5.41, 5.74) is 6.46. The third-order valence-corrected chi connectivity index (χ3v) is 4.61. The molecule has 0 bridgehead atoms. The van der Waals surface area contributed by atoms with Crippen molar-refractivity contribution in [2.75, 3.05) is 19.6 Å². The monoisotopic (exact) mass is 357 g/mol. The minimum Gasteiger partial charge on any atom is -0.353 e. The number of carbonyl (C=O) groups is 1. The Morgan fingerprint density at radius 1 is 1.24 bits per heavy atom. The van der Waals surface area contributed by atoms with Crippen molar-refractivity contribution < 1.29 is 18.0 Å². The summed E-state index contributed by atoms with van der Waals surface area (Å²) >= 11 is 0. The number of hydrogen-bond acceptors (Lipinski definition) is 3. The number of carbonyl (C=O) groups excluding carboxylic acids is 1. The summed E-state index contributed by atoms with van der Waals surface area (Å²) in [7, 11) is 0. The van der Waals surface area contributed by atoms with Gasteiger partial charge in [-0.1, -0.05) is 30.3 Å². The van der Waals surface area contributed by atoms with Gasteiger partial charge in [0.25, 0.3) is 0 Å². The zero-order valence-electron chi connectivity index (χ0n) is 14.3. The second-order valence-corrected chi connectivity index (χ2v) is 6.62. The van der Waals surface area contributed by atoms with Crippen LogP contribution in [0.3, 0.4) is 0 Å². The van der Waals surface area contributed by atoms with Crippen LogP contribution in [0.2, 0.25) is 0 Å². The van der Waals surface area contributed by atoms with Gasteiger partial charge in [0.1, 0.15) is 0 Å². The first-order chi connectivity index (χ1) is 11.9. The Balaban J connectivity index is 1.74. The maximum absolute atomic E-state index is 12.9. The lowest BCUT2D eigenvalue weighted by Gasteiger charge is -2.32. The minimum atomic E-state index is -4.38. The normalized spacial score (nSPS) is 18.1. The van der Waals surface area contributed by atoms with Gasteiger partial charge in [-0.2, -0.15) is 13.2 Å². The molecule has 0 aliphatic carbocycles. The Kier molecular flexibility index (Phi) is 7.25. The van der Waals surface area contributed by atoms with Crippen molar-refractivity contribution in [1.29, 1.82) is 0 Å². The Bertz CT molecular complexity index is 528. The van der Waals surface area contributed by atoms with E-state index in [1.807, 2.05) is 18.2 Å². The predicted octanol–water partition coefficient (Wildman–Crippen LogP) is 2.68. The summed E-state index contributed by atoms with van der Waals surface area (Å²) < 4.78 is 38.6. The Morgan fingerprint density at radius 3 is 2.44 bits per heavy atom. The van der Waals surface area contributed by atoms with Crippen molar-refractivity contribution in [3.05, 3.63) is 35.9 Å². The van der Waals surface area contributed by atoms with Crippen LogP contribution in [0.5, 0.6) is 0 Å². The third kappa shape index (κ3) is 6.66. The topological polar surface area (TPSA) is 58.4 Å². The fourth-order valence-corrected chi connectivity index (χ4v) is 3.17. The van der Waals surface area contributed by atoms with Crippen LogP contribution >= 0.6 is 0 Å². The van der Waals surface area contributed by atoms with E-state index in [4.69, 9.17) is 5.73 Å². The van der Waals surface area contributed by atoms with Crippen LogP contribution in [0.25, 0.3) is 0 Å². The Morgan fingerprint density at radius 2 is 1.88 bits per heavy atom. The van der Waals surface area contributed by atoms with Gasteiger partial charge >= 0.3 is 6.18 Å². The molecule has 1 aliphatic rings. The molecule has 1 aromatic carbocycles. The number of hydrogen-bond donors (Lipinski definition) is 2. The number of nitrogens with one attached hydrogen (secondary N) is 1. The maximum atomic E-state index is 12.9. The molecular weight excluding hydrogens is 331 g/mol. The lowest BCUT2D eigenvalue weighted by atomic mass is 9.99. The highest BCUT2D eigenvalue weighted by Gasteiger charge is 2.40. The molecule has 3 N–H and O–H groups in total. The van der Waals surface area contributed by atoms with Gasteiger partial charge in [-0.15, -0.1) is 0 Å². The minimum absolute atomic E-state index is 0.0497. The highest BCUT2D eigenvalue weighted by molar-refractivity contribution is 5.76. The molecule has 1 heterocycles. The molecule has 0 aromatic heterocycles. The number of nitrogens with zero attached hydrogens (tertiary/aromatic N) is 1. The molecule has 1 aromatic rings. The highest BCUT2D eigenvalue weighted by atomic mass is 19.4. The molecule has 1 aliphatic heterocycles. The van der Waals surface area contributed by atoms with Crippen LogP contribution in [0.1, 0.15) is 31.2 Å². The first-order valence-electron chi connectivity index (χ1n) is 8.71. The molecule has 0 spiro atoms. The van der Waals surface area contributed by atoms with E-state index in [-0.39, 0.29) is 19.0 Å². The fraction of sp³-hybridized carbons (Fsp3) is 0.611. The lowest BCUT2D eigenvalue weighted by Crippen LogP contribution is -2.45.